The summed E-state index contributed by atoms with van der Waals surface area (Å²) in [7, 11) is 3.07. The molecule has 1 aliphatic heterocycles. The number of fused-ring (bicyclic) bond motifs is 1. The number of ether oxygens (including phenoxy) is 2. The van der Waals surface area contributed by atoms with E-state index in [0.29, 0.717) is 18.5 Å². The molecule has 1 heterocycles. The lowest BCUT2D eigenvalue weighted by Crippen LogP contribution is -2.48. The Balaban J connectivity index is 1.52. The summed E-state index contributed by atoms with van der Waals surface area (Å²) in [6, 6.07) is 7.90. The molecule has 6 heteroatoms. The lowest BCUT2D eigenvalue weighted by molar-refractivity contribution is -0.146. The minimum absolute atomic E-state index is 0.0244. The van der Waals surface area contributed by atoms with Crippen LogP contribution in [0.2, 0.25) is 0 Å². The smallest absolute Gasteiger partial charge is 0.323 e. The Kier molecular flexibility index (Phi) is 6.72. The topological polar surface area (TPSA) is 67.9 Å². The molecule has 0 spiro atoms. The average molecular weight is 374 g/mol. The summed E-state index contributed by atoms with van der Waals surface area (Å²) in [5, 5.41) is 3.00. The van der Waals surface area contributed by atoms with E-state index >= 15 is 0 Å². The fourth-order valence-electron chi connectivity index (χ4n) is 4.51. The van der Waals surface area contributed by atoms with E-state index in [4.69, 9.17) is 9.47 Å². The molecule has 0 radical (unpaired) electrons. The third-order valence-electron chi connectivity index (χ3n) is 5.92. The van der Waals surface area contributed by atoms with Gasteiger partial charge in [-0.25, -0.2) is 0 Å². The number of likely N-dealkylation sites (tertiary alicyclic amines) is 1. The highest BCUT2D eigenvalue weighted by Crippen LogP contribution is 2.39. The van der Waals surface area contributed by atoms with Crippen LogP contribution in [0.25, 0.3) is 0 Å². The SMILES string of the molecule is COC(=O)[C@@H]1C[C@H]2CCCC[C@H]2N1CC(=O)NCCc1ccc(OC)cc1. The second-order valence-corrected chi connectivity index (χ2v) is 7.51. The summed E-state index contributed by atoms with van der Waals surface area (Å²) in [5.74, 6) is 1.10. The Morgan fingerprint density at radius 2 is 1.89 bits per heavy atom. The summed E-state index contributed by atoms with van der Waals surface area (Å²) < 4.78 is 10.1. The number of rotatable bonds is 7. The molecular formula is C21H30N2O4. The average Bonchev–Trinajstić information content (AvgIpc) is 3.06. The third-order valence-corrected chi connectivity index (χ3v) is 5.92. The molecule has 3 atom stereocenters. The van der Waals surface area contributed by atoms with Crippen LogP contribution in [0.5, 0.6) is 5.75 Å². The normalized spacial score (nSPS) is 24.9. The van der Waals surface area contributed by atoms with Gasteiger partial charge in [-0.15, -0.1) is 0 Å². The number of benzene rings is 1. The van der Waals surface area contributed by atoms with E-state index in [2.05, 4.69) is 10.2 Å². The maximum atomic E-state index is 12.5. The fraction of sp³-hybridized carbons (Fsp3) is 0.619. The Morgan fingerprint density at radius 3 is 2.59 bits per heavy atom. The number of methoxy groups -OCH3 is 2. The number of carbonyl (C=O) groups excluding carboxylic acids is 2. The van der Waals surface area contributed by atoms with Gasteiger partial charge in [-0.2, -0.15) is 0 Å². The summed E-state index contributed by atoms with van der Waals surface area (Å²) in [6.07, 6.45) is 6.19. The Hall–Kier alpha value is -2.08. The quantitative estimate of drug-likeness (QED) is 0.741. The minimum Gasteiger partial charge on any atom is -0.497 e. The van der Waals surface area contributed by atoms with E-state index in [0.717, 1.165) is 37.0 Å². The number of nitrogens with one attached hydrogen (secondary N) is 1. The van der Waals surface area contributed by atoms with Crippen molar-refractivity contribution >= 4 is 11.9 Å². The van der Waals surface area contributed by atoms with Crippen LogP contribution in [-0.4, -0.2) is 56.2 Å². The van der Waals surface area contributed by atoms with Crippen LogP contribution in [0.4, 0.5) is 0 Å². The van der Waals surface area contributed by atoms with E-state index in [1.54, 1.807) is 7.11 Å². The van der Waals surface area contributed by atoms with Crippen molar-refractivity contribution in [3.63, 3.8) is 0 Å². The van der Waals surface area contributed by atoms with Crippen molar-refractivity contribution in [2.24, 2.45) is 5.92 Å². The van der Waals surface area contributed by atoms with Crippen LogP contribution >= 0.6 is 0 Å². The first kappa shape index (κ1) is 19.7. The first-order valence-electron chi connectivity index (χ1n) is 9.85. The molecule has 6 nitrogen and oxygen atoms in total. The zero-order chi connectivity index (χ0) is 19.2. The number of hydrogen-bond acceptors (Lipinski definition) is 5. The Labute approximate surface area is 161 Å². The van der Waals surface area contributed by atoms with Gasteiger partial charge in [-0.05, 0) is 49.3 Å². The van der Waals surface area contributed by atoms with Crippen molar-refractivity contribution in [3.8, 4) is 5.75 Å². The van der Waals surface area contributed by atoms with Crippen LogP contribution in [0.15, 0.2) is 24.3 Å². The summed E-state index contributed by atoms with van der Waals surface area (Å²) in [5.41, 5.74) is 1.15. The van der Waals surface area contributed by atoms with Gasteiger partial charge in [0.05, 0.1) is 20.8 Å². The first-order valence-corrected chi connectivity index (χ1v) is 9.85. The fourth-order valence-corrected chi connectivity index (χ4v) is 4.51. The molecule has 1 saturated heterocycles. The standard InChI is InChI=1S/C21H30N2O4/c1-26-17-9-7-15(8-10-17)11-12-22-20(24)14-23-18-6-4-3-5-16(18)13-19(23)21(25)27-2/h7-10,16,18-19H,3-6,11-14H2,1-2H3,(H,22,24)/t16-,18-,19+/m1/s1. The minimum atomic E-state index is -0.282. The summed E-state index contributed by atoms with van der Waals surface area (Å²) >= 11 is 0. The molecule has 148 valence electrons. The third kappa shape index (κ3) is 4.80. The van der Waals surface area contributed by atoms with Gasteiger partial charge >= 0.3 is 5.97 Å². The van der Waals surface area contributed by atoms with Crippen molar-refractivity contribution < 1.29 is 19.1 Å². The monoisotopic (exact) mass is 374 g/mol. The van der Waals surface area contributed by atoms with Gasteiger partial charge in [0, 0.05) is 12.6 Å². The van der Waals surface area contributed by atoms with Crippen LogP contribution < -0.4 is 10.1 Å². The van der Waals surface area contributed by atoms with Crippen LogP contribution in [0.1, 0.15) is 37.7 Å². The van der Waals surface area contributed by atoms with Gasteiger partial charge in [0.15, 0.2) is 0 Å². The predicted octanol–water partition coefficient (Wildman–Crippen LogP) is 2.16. The highest BCUT2D eigenvalue weighted by molar-refractivity contribution is 5.81. The highest BCUT2D eigenvalue weighted by Gasteiger charge is 2.46. The molecule has 1 saturated carbocycles. The van der Waals surface area contributed by atoms with Gasteiger partial charge in [0.2, 0.25) is 5.91 Å². The lowest BCUT2D eigenvalue weighted by Gasteiger charge is -2.32. The molecular weight excluding hydrogens is 344 g/mol. The molecule has 0 unspecified atom stereocenters. The Morgan fingerprint density at radius 1 is 1.15 bits per heavy atom. The van der Waals surface area contributed by atoms with Crippen molar-refractivity contribution in [1.29, 1.82) is 0 Å². The second kappa shape index (κ2) is 9.22. The number of esters is 1. The molecule has 1 aromatic carbocycles. The zero-order valence-electron chi connectivity index (χ0n) is 16.3. The maximum absolute atomic E-state index is 12.5. The summed E-state index contributed by atoms with van der Waals surface area (Å²) in [4.78, 5) is 26.8. The van der Waals surface area contributed by atoms with Gasteiger partial charge in [0.1, 0.15) is 11.8 Å². The molecule has 2 aliphatic rings. The Bertz CT molecular complexity index is 646. The number of hydrogen-bond donors (Lipinski definition) is 1. The van der Waals surface area contributed by atoms with Gasteiger partial charge < -0.3 is 14.8 Å². The first-order chi connectivity index (χ1) is 13.1. The van der Waals surface area contributed by atoms with Crippen molar-refractivity contribution in [3.05, 3.63) is 29.8 Å². The summed E-state index contributed by atoms with van der Waals surface area (Å²) in [6.45, 7) is 0.847. The van der Waals surface area contributed by atoms with E-state index in [-0.39, 0.29) is 24.5 Å². The largest absolute Gasteiger partial charge is 0.497 e. The molecule has 2 fully saturated rings. The zero-order valence-corrected chi connectivity index (χ0v) is 16.3. The van der Waals surface area contributed by atoms with Crippen molar-refractivity contribution in [2.75, 3.05) is 27.3 Å². The van der Waals surface area contributed by atoms with E-state index < -0.39 is 0 Å². The molecule has 1 amide bonds. The molecule has 1 N–H and O–H groups in total. The van der Waals surface area contributed by atoms with Crippen molar-refractivity contribution in [1.82, 2.24) is 10.2 Å². The van der Waals surface area contributed by atoms with E-state index in [9.17, 15) is 9.59 Å². The predicted molar refractivity (Wildman–Crippen MR) is 103 cm³/mol. The van der Waals surface area contributed by atoms with E-state index in [1.165, 1.54) is 20.0 Å². The van der Waals surface area contributed by atoms with Gasteiger partial charge in [-0.3, -0.25) is 14.5 Å². The second-order valence-electron chi connectivity index (χ2n) is 7.51. The molecule has 1 aromatic rings. The van der Waals surface area contributed by atoms with E-state index in [1.807, 2.05) is 24.3 Å². The maximum Gasteiger partial charge on any atom is 0.323 e. The molecule has 0 aromatic heterocycles. The number of nitrogens with zero attached hydrogens (tertiary/aromatic N) is 1. The molecule has 3 rings (SSSR count). The lowest BCUT2D eigenvalue weighted by atomic mass is 9.85. The molecule has 1 aliphatic carbocycles. The van der Waals surface area contributed by atoms with Crippen LogP contribution in [-0.2, 0) is 20.7 Å². The van der Waals surface area contributed by atoms with Crippen molar-refractivity contribution in [2.45, 2.75) is 50.6 Å². The molecule has 0 bridgehead atoms. The number of carbonyl (C=O) groups is 2. The van der Waals surface area contributed by atoms with Gasteiger partial charge in [-0.1, -0.05) is 25.0 Å². The van der Waals surface area contributed by atoms with Crippen LogP contribution in [0.3, 0.4) is 0 Å². The van der Waals surface area contributed by atoms with Crippen LogP contribution in [0, 0.1) is 5.92 Å². The highest BCUT2D eigenvalue weighted by atomic mass is 16.5. The van der Waals surface area contributed by atoms with Gasteiger partial charge in [0.25, 0.3) is 0 Å². The number of amides is 1. The molecule has 27 heavy (non-hydrogen) atoms.